The zero-order valence-corrected chi connectivity index (χ0v) is 11.7. The lowest BCUT2D eigenvalue weighted by molar-refractivity contribution is -0.127. The third kappa shape index (κ3) is 5.18. The number of anilines is 1. The van der Waals surface area contributed by atoms with Gasteiger partial charge in [0.15, 0.2) is 6.10 Å². The maximum absolute atomic E-state index is 11.8. The number of ether oxygens (including phenoxy) is 2. The van der Waals surface area contributed by atoms with Crippen molar-refractivity contribution in [2.45, 2.75) is 26.4 Å². The molecule has 106 valence electrons. The van der Waals surface area contributed by atoms with Gasteiger partial charge in [0.25, 0.3) is 5.91 Å². The van der Waals surface area contributed by atoms with Gasteiger partial charge in [0, 0.05) is 25.9 Å². The van der Waals surface area contributed by atoms with Crippen LogP contribution in [-0.2, 0) is 9.53 Å². The van der Waals surface area contributed by atoms with Crippen LogP contribution in [-0.4, -0.2) is 32.3 Å². The second-order valence-corrected chi connectivity index (χ2v) is 4.42. The normalized spacial score (nSPS) is 11.9. The summed E-state index contributed by atoms with van der Waals surface area (Å²) in [4.78, 5) is 11.8. The summed E-state index contributed by atoms with van der Waals surface area (Å²) in [6, 6.07) is 5.35. The first-order valence-electron chi connectivity index (χ1n) is 6.34. The first-order chi connectivity index (χ1) is 9.04. The van der Waals surface area contributed by atoms with E-state index in [-0.39, 0.29) is 5.91 Å². The third-order valence-corrected chi connectivity index (χ3v) is 2.70. The van der Waals surface area contributed by atoms with Gasteiger partial charge in [0.05, 0.1) is 0 Å². The van der Waals surface area contributed by atoms with Crippen LogP contribution < -0.4 is 15.8 Å². The van der Waals surface area contributed by atoms with E-state index in [4.69, 9.17) is 15.2 Å². The molecular weight excluding hydrogens is 244 g/mol. The number of methoxy groups -OCH3 is 1. The molecule has 0 saturated carbocycles. The van der Waals surface area contributed by atoms with Crippen LogP contribution in [0, 0.1) is 6.92 Å². The lowest BCUT2D eigenvalue weighted by Gasteiger charge is -2.16. The van der Waals surface area contributed by atoms with Crippen molar-refractivity contribution in [3.8, 4) is 5.75 Å². The van der Waals surface area contributed by atoms with E-state index in [0.717, 1.165) is 12.0 Å². The third-order valence-electron chi connectivity index (χ3n) is 2.70. The van der Waals surface area contributed by atoms with Gasteiger partial charge < -0.3 is 20.5 Å². The van der Waals surface area contributed by atoms with E-state index in [1.54, 1.807) is 26.2 Å². The van der Waals surface area contributed by atoms with Gasteiger partial charge in [-0.2, -0.15) is 0 Å². The molecule has 1 aromatic rings. The molecule has 0 heterocycles. The smallest absolute Gasteiger partial charge is 0.260 e. The van der Waals surface area contributed by atoms with Gasteiger partial charge >= 0.3 is 0 Å². The highest BCUT2D eigenvalue weighted by molar-refractivity contribution is 5.80. The Labute approximate surface area is 114 Å². The molecule has 1 amide bonds. The maximum atomic E-state index is 11.8. The maximum Gasteiger partial charge on any atom is 0.260 e. The molecule has 5 heteroatoms. The molecule has 0 radical (unpaired) electrons. The van der Waals surface area contributed by atoms with Crippen molar-refractivity contribution < 1.29 is 14.3 Å². The number of hydrogen-bond donors (Lipinski definition) is 2. The Morgan fingerprint density at radius 3 is 2.84 bits per heavy atom. The summed E-state index contributed by atoms with van der Waals surface area (Å²) in [6.07, 6.45) is 0.250. The molecule has 1 unspecified atom stereocenters. The Hall–Kier alpha value is -1.75. The van der Waals surface area contributed by atoms with Crippen LogP contribution in [0.1, 0.15) is 18.9 Å². The molecule has 1 atom stereocenters. The Bertz CT molecular complexity index is 421. The van der Waals surface area contributed by atoms with Gasteiger partial charge in [-0.25, -0.2) is 0 Å². The summed E-state index contributed by atoms with van der Waals surface area (Å²) in [5.41, 5.74) is 7.26. The second kappa shape index (κ2) is 7.63. The number of carbonyl (C=O) groups excluding carboxylic acids is 1. The van der Waals surface area contributed by atoms with Crippen molar-refractivity contribution in [2.24, 2.45) is 0 Å². The van der Waals surface area contributed by atoms with Crippen molar-refractivity contribution in [2.75, 3.05) is 26.0 Å². The predicted octanol–water partition coefficient (Wildman–Crippen LogP) is 1.50. The minimum atomic E-state index is -0.537. The first-order valence-corrected chi connectivity index (χ1v) is 6.34. The quantitative estimate of drug-likeness (QED) is 0.579. The molecule has 0 aromatic heterocycles. The number of nitrogens with one attached hydrogen (secondary N) is 1. The number of benzene rings is 1. The largest absolute Gasteiger partial charge is 0.481 e. The summed E-state index contributed by atoms with van der Waals surface area (Å²) >= 11 is 0. The monoisotopic (exact) mass is 266 g/mol. The summed E-state index contributed by atoms with van der Waals surface area (Å²) in [7, 11) is 1.64. The number of hydrogen-bond acceptors (Lipinski definition) is 4. The molecule has 0 spiro atoms. The molecule has 0 aliphatic heterocycles. The molecule has 0 aliphatic carbocycles. The van der Waals surface area contributed by atoms with Gasteiger partial charge in [0.1, 0.15) is 5.75 Å². The highest BCUT2D eigenvalue weighted by Gasteiger charge is 2.14. The summed E-state index contributed by atoms with van der Waals surface area (Å²) < 4.78 is 10.5. The lowest BCUT2D eigenvalue weighted by Crippen LogP contribution is -2.37. The number of carbonyl (C=O) groups is 1. The molecule has 0 saturated heterocycles. The van der Waals surface area contributed by atoms with E-state index in [2.05, 4.69) is 5.32 Å². The van der Waals surface area contributed by atoms with Gasteiger partial charge in [-0.3, -0.25) is 4.79 Å². The molecular formula is C14H22N2O3. The Balaban J connectivity index is 2.45. The minimum Gasteiger partial charge on any atom is -0.481 e. The van der Waals surface area contributed by atoms with E-state index in [0.29, 0.717) is 24.6 Å². The fourth-order valence-corrected chi connectivity index (χ4v) is 1.62. The zero-order chi connectivity index (χ0) is 14.3. The summed E-state index contributed by atoms with van der Waals surface area (Å²) in [5, 5.41) is 2.80. The molecule has 1 aromatic carbocycles. The Morgan fingerprint density at radius 2 is 2.21 bits per heavy atom. The average molecular weight is 266 g/mol. The number of amides is 1. The minimum absolute atomic E-state index is 0.132. The predicted molar refractivity (Wildman–Crippen MR) is 75.2 cm³/mol. The van der Waals surface area contributed by atoms with Crippen molar-refractivity contribution in [1.82, 2.24) is 5.32 Å². The molecule has 1 rings (SSSR count). The highest BCUT2D eigenvalue weighted by Crippen LogP contribution is 2.21. The van der Waals surface area contributed by atoms with Crippen molar-refractivity contribution >= 4 is 11.6 Å². The highest BCUT2D eigenvalue weighted by atomic mass is 16.5. The van der Waals surface area contributed by atoms with E-state index in [9.17, 15) is 4.79 Å². The molecule has 0 bridgehead atoms. The van der Waals surface area contributed by atoms with Crippen molar-refractivity contribution in [1.29, 1.82) is 0 Å². The Morgan fingerprint density at radius 1 is 1.47 bits per heavy atom. The number of aryl methyl sites for hydroxylation is 1. The first kappa shape index (κ1) is 15.3. The molecule has 3 N–H and O–H groups in total. The van der Waals surface area contributed by atoms with E-state index >= 15 is 0 Å². The van der Waals surface area contributed by atoms with Gasteiger partial charge in [-0.05, 0) is 44.0 Å². The number of rotatable bonds is 7. The molecule has 19 heavy (non-hydrogen) atoms. The summed E-state index contributed by atoms with van der Waals surface area (Å²) in [5.74, 6) is 0.543. The van der Waals surface area contributed by atoms with Crippen LogP contribution in [0.3, 0.4) is 0 Å². The van der Waals surface area contributed by atoms with E-state index in [1.165, 1.54) is 0 Å². The molecule has 5 nitrogen and oxygen atoms in total. The van der Waals surface area contributed by atoms with Crippen LogP contribution in [0.4, 0.5) is 5.69 Å². The fraction of sp³-hybridized carbons (Fsp3) is 0.500. The SMILES string of the molecule is COCCCNC(=O)C(C)Oc1ccc(N)cc1C. The number of nitrogen functional groups attached to an aromatic ring is 1. The lowest BCUT2D eigenvalue weighted by atomic mass is 10.2. The van der Waals surface area contributed by atoms with E-state index < -0.39 is 6.10 Å². The van der Waals surface area contributed by atoms with Gasteiger partial charge in [-0.1, -0.05) is 0 Å². The standard InChI is InChI=1S/C14H22N2O3/c1-10-9-12(15)5-6-13(10)19-11(2)14(17)16-7-4-8-18-3/h5-6,9,11H,4,7-8,15H2,1-3H3,(H,16,17). The molecule has 0 fully saturated rings. The van der Waals surface area contributed by atoms with Crippen LogP contribution in [0.15, 0.2) is 18.2 Å². The van der Waals surface area contributed by atoms with Crippen molar-refractivity contribution in [3.05, 3.63) is 23.8 Å². The van der Waals surface area contributed by atoms with Crippen LogP contribution in [0.2, 0.25) is 0 Å². The number of nitrogens with two attached hydrogens (primary N) is 1. The summed E-state index contributed by atoms with van der Waals surface area (Å²) in [6.45, 7) is 4.84. The average Bonchev–Trinajstić information content (AvgIpc) is 2.37. The van der Waals surface area contributed by atoms with Gasteiger partial charge in [-0.15, -0.1) is 0 Å². The Kier molecular flexibility index (Phi) is 6.15. The topological polar surface area (TPSA) is 73.6 Å². The van der Waals surface area contributed by atoms with Crippen LogP contribution in [0.5, 0.6) is 5.75 Å². The van der Waals surface area contributed by atoms with E-state index in [1.807, 2.05) is 13.0 Å². The second-order valence-electron chi connectivity index (χ2n) is 4.42. The fourth-order valence-electron chi connectivity index (χ4n) is 1.62. The van der Waals surface area contributed by atoms with Crippen LogP contribution >= 0.6 is 0 Å². The van der Waals surface area contributed by atoms with Crippen molar-refractivity contribution in [3.63, 3.8) is 0 Å². The van der Waals surface area contributed by atoms with Crippen LogP contribution in [0.25, 0.3) is 0 Å². The zero-order valence-electron chi connectivity index (χ0n) is 11.7. The van der Waals surface area contributed by atoms with Gasteiger partial charge in [0.2, 0.25) is 0 Å². The molecule has 0 aliphatic rings.